The SMILES string of the molecule is CCn1c(SCC(=O)Nc2nc(C)c(C)s2)nnc1[C@@H](C)NC(=O)c1ccccc1F. The minimum Gasteiger partial charge on any atom is -0.342 e. The van der Waals surface area contributed by atoms with E-state index < -0.39 is 17.8 Å². The van der Waals surface area contributed by atoms with Crippen LogP contribution in [0.2, 0.25) is 0 Å². The van der Waals surface area contributed by atoms with Crippen LogP contribution in [-0.2, 0) is 11.3 Å². The number of thioether (sulfide) groups is 1. The predicted molar refractivity (Wildman–Crippen MR) is 119 cm³/mol. The number of nitrogens with one attached hydrogen (secondary N) is 2. The summed E-state index contributed by atoms with van der Waals surface area (Å²) in [6.07, 6.45) is 0. The Kier molecular flexibility index (Phi) is 7.39. The zero-order chi connectivity index (χ0) is 22.5. The van der Waals surface area contributed by atoms with Gasteiger partial charge in [-0.1, -0.05) is 23.9 Å². The molecule has 3 rings (SSSR count). The van der Waals surface area contributed by atoms with E-state index in [1.165, 1.54) is 41.3 Å². The molecule has 0 aliphatic heterocycles. The van der Waals surface area contributed by atoms with Gasteiger partial charge in [0, 0.05) is 11.4 Å². The van der Waals surface area contributed by atoms with Crippen molar-refractivity contribution in [2.24, 2.45) is 0 Å². The van der Waals surface area contributed by atoms with Crippen LogP contribution in [0, 0.1) is 19.7 Å². The summed E-state index contributed by atoms with van der Waals surface area (Å²) in [5.41, 5.74) is 0.866. The standard InChI is InChI=1S/C20H23FN6O2S2/c1-5-27-17(12(3)22-18(29)14-8-6-7-9-15(14)21)25-26-20(27)30-10-16(28)24-19-23-11(2)13(4)31-19/h6-9,12H,5,10H2,1-4H3,(H,22,29)(H,23,24,28)/t12-/m1/s1. The molecular weight excluding hydrogens is 439 g/mol. The van der Waals surface area contributed by atoms with Crippen LogP contribution in [0.5, 0.6) is 0 Å². The quantitative estimate of drug-likeness (QED) is 0.495. The fraction of sp³-hybridized carbons (Fsp3) is 0.350. The molecule has 0 saturated heterocycles. The van der Waals surface area contributed by atoms with Gasteiger partial charge in [-0.15, -0.1) is 21.5 Å². The second-order valence-corrected chi connectivity index (χ2v) is 8.90. The maximum atomic E-state index is 13.9. The minimum absolute atomic E-state index is 0.0316. The van der Waals surface area contributed by atoms with Crippen LogP contribution < -0.4 is 10.6 Å². The number of aromatic nitrogens is 4. The van der Waals surface area contributed by atoms with E-state index in [2.05, 4.69) is 25.8 Å². The Morgan fingerprint density at radius 2 is 2.00 bits per heavy atom. The van der Waals surface area contributed by atoms with Gasteiger partial charge in [-0.25, -0.2) is 9.37 Å². The first-order valence-electron chi connectivity index (χ1n) is 9.65. The van der Waals surface area contributed by atoms with Crippen molar-refractivity contribution in [3.63, 3.8) is 0 Å². The average Bonchev–Trinajstić information content (AvgIpc) is 3.28. The molecule has 0 aliphatic carbocycles. The number of hydrogen-bond donors (Lipinski definition) is 2. The number of anilines is 1. The molecule has 0 fully saturated rings. The molecule has 2 amide bonds. The van der Waals surface area contributed by atoms with Gasteiger partial charge in [0.1, 0.15) is 5.82 Å². The lowest BCUT2D eigenvalue weighted by molar-refractivity contribution is -0.113. The number of rotatable bonds is 8. The molecule has 2 aromatic heterocycles. The number of aryl methyl sites for hydroxylation is 2. The monoisotopic (exact) mass is 462 g/mol. The number of thiazole rings is 1. The molecule has 2 N–H and O–H groups in total. The highest BCUT2D eigenvalue weighted by Gasteiger charge is 2.21. The molecule has 0 saturated carbocycles. The third kappa shape index (κ3) is 5.47. The molecule has 2 heterocycles. The van der Waals surface area contributed by atoms with Gasteiger partial charge >= 0.3 is 0 Å². The van der Waals surface area contributed by atoms with Gasteiger partial charge in [-0.2, -0.15) is 0 Å². The molecule has 164 valence electrons. The lowest BCUT2D eigenvalue weighted by Gasteiger charge is -2.15. The van der Waals surface area contributed by atoms with Crippen LogP contribution >= 0.6 is 23.1 Å². The lowest BCUT2D eigenvalue weighted by Crippen LogP contribution is -2.29. The van der Waals surface area contributed by atoms with Gasteiger partial charge in [0.2, 0.25) is 5.91 Å². The van der Waals surface area contributed by atoms with Gasteiger partial charge in [-0.3, -0.25) is 9.59 Å². The number of nitrogens with zero attached hydrogens (tertiary/aromatic N) is 4. The summed E-state index contributed by atoms with van der Waals surface area (Å²) in [5.74, 6) is -0.629. The highest BCUT2D eigenvalue weighted by Crippen LogP contribution is 2.23. The molecule has 31 heavy (non-hydrogen) atoms. The van der Waals surface area contributed by atoms with E-state index in [-0.39, 0.29) is 17.2 Å². The molecule has 1 atom stereocenters. The minimum atomic E-state index is -0.586. The molecule has 8 nitrogen and oxygen atoms in total. The van der Waals surface area contributed by atoms with Crippen molar-refractivity contribution in [2.45, 2.75) is 45.4 Å². The Morgan fingerprint density at radius 3 is 2.65 bits per heavy atom. The highest BCUT2D eigenvalue weighted by atomic mass is 32.2. The molecule has 1 aromatic carbocycles. The molecule has 0 aliphatic rings. The Balaban J connectivity index is 1.63. The van der Waals surface area contributed by atoms with Crippen molar-refractivity contribution in [1.82, 2.24) is 25.1 Å². The molecular formula is C20H23FN6O2S2. The molecule has 0 radical (unpaired) electrons. The first kappa shape index (κ1) is 22.9. The van der Waals surface area contributed by atoms with Crippen molar-refractivity contribution in [3.05, 3.63) is 52.0 Å². The van der Waals surface area contributed by atoms with E-state index in [1.54, 1.807) is 13.0 Å². The van der Waals surface area contributed by atoms with Gasteiger partial charge in [0.15, 0.2) is 16.1 Å². The van der Waals surface area contributed by atoms with Crippen LogP contribution in [-0.4, -0.2) is 37.3 Å². The van der Waals surface area contributed by atoms with Crippen molar-refractivity contribution >= 4 is 40.0 Å². The van der Waals surface area contributed by atoms with E-state index >= 15 is 0 Å². The van der Waals surface area contributed by atoms with Crippen LogP contribution in [0.3, 0.4) is 0 Å². The van der Waals surface area contributed by atoms with Crippen molar-refractivity contribution in [3.8, 4) is 0 Å². The molecule has 0 bridgehead atoms. The Hall–Kier alpha value is -2.79. The van der Waals surface area contributed by atoms with Crippen molar-refractivity contribution in [2.75, 3.05) is 11.1 Å². The number of amides is 2. The maximum Gasteiger partial charge on any atom is 0.254 e. The molecule has 3 aromatic rings. The van der Waals surface area contributed by atoms with E-state index in [4.69, 9.17) is 0 Å². The maximum absolute atomic E-state index is 13.9. The second kappa shape index (κ2) is 10.0. The fourth-order valence-electron chi connectivity index (χ4n) is 2.82. The number of carbonyl (C=O) groups excluding carboxylic acids is 2. The van der Waals surface area contributed by atoms with Crippen molar-refractivity contribution < 1.29 is 14.0 Å². The summed E-state index contributed by atoms with van der Waals surface area (Å²) in [5, 5.41) is 15.0. The van der Waals surface area contributed by atoms with E-state index in [1.807, 2.05) is 25.3 Å². The fourth-order valence-corrected chi connectivity index (χ4v) is 4.46. The van der Waals surface area contributed by atoms with Crippen LogP contribution in [0.1, 0.15) is 46.6 Å². The van der Waals surface area contributed by atoms with Crippen LogP contribution in [0.4, 0.5) is 9.52 Å². The smallest absolute Gasteiger partial charge is 0.254 e. The topological polar surface area (TPSA) is 102 Å². The molecule has 0 spiro atoms. The molecule has 0 unspecified atom stereocenters. The summed E-state index contributed by atoms with van der Waals surface area (Å²) in [6, 6.07) is 5.30. The normalized spacial score (nSPS) is 11.9. The summed E-state index contributed by atoms with van der Waals surface area (Å²) < 4.78 is 15.7. The highest BCUT2D eigenvalue weighted by molar-refractivity contribution is 7.99. The summed E-state index contributed by atoms with van der Waals surface area (Å²) in [4.78, 5) is 30.0. The van der Waals surface area contributed by atoms with E-state index in [0.29, 0.717) is 22.7 Å². The largest absolute Gasteiger partial charge is 0.342 e. The number of benzene rings is 1. The zero-order valence-electron chi connectivity index (χ0n) is 17.6. The van der Waals surface area contributed by atoms with Crippen LogP contribution in [0.25, 0.3) is 0 Å². The molecule has 11 heteroatoms. The Bertz CT molecular complexity index is 1080. The summed E-state index contributed by atoms with van der Waals surface area (Å²) >= 11 is 2.68. The zero-order valence-corrected chi connectivity index (χ0v) is 19.2. The number of halogens is 1. The Morgan fingerprint density at radius 1 is 1.26 bits per heavy atom. The van der Waals surface area contributed by atoms with Gasteiger partial charge in [-0.05, 0) is 39.8 Å². The third-order valence-electron chi connectivity index (χ3n) is 4.52. The third-order valence-corrected chi connectivity index (χ3v) is 6.48. The van der Waals surface area contributed by atoms with E-state index in [9.17, 15) is 14.0 Å². The lowest BCUT2D eigenvalue weighted by atomic mass is 10.2. The summed E-state index contributed by atoms with van der Waals surface area (Å²) in [7, 11) is 0. The van der Waals surface area contributed by atoms with E-state index in [0.717, 1.165) is 10.6 Å². The first-order chi connectivity index (χ1) is 14.8. The van der Waals surface area contributed by atoms with Gasteiger partial charge < -0.3 is 15.2 Å². The van der Waals surface area contributed by atoms with Gasteiger partial charge in [0.25, 0.3) is 5.91 Å². The van der Waals surface area contributed by atoms with Crippen LogP contribution in [0.15, 0.2) is 29.4 Å². The second-order valence-electron chi connectivity index (χ2n) is 6.76. The number of hydrogen-bond acceptors (Lipinski definition) is 7. The summed E-state index contributed by atoms with van der Waals surface area (Å²) in [6.45, 7) is 8.08. The Labute approximate surface area is 187 Å². The van der Waals surface area contributed by atoms with Gasteiger partial charge in [0.05, 0.1) is 23.1 Å². The van der Waals surface area contributed by atoms with Crippen molar-refractivity contribution in [1.29, 1.82) is 0 Å². The predicted octanol–water partition coefficient (Wildman–Crippen LogP) is 3.73. The average molecular weight is 463 g/mol. The number of carbonyl (C=O) groups is 2. The first-order valence-corrected chi connectivity index (χ1v) is 11.5.